The van der Waals surface area contributed by atoms with E-state index in [1.807, 2.05) is 0 Å². The normalized spacial score (nSPS) is 11.7. The van der Waals surface area contributed by atoms with Gasteiger partial charge in [0.1, 0.15) is 0 Å². The highest BCUT2D eigenvalue weighted by atomic mass is 16.4. The lowest BCUT2D eigenvalue weighted by molar-refractivity contribution is -0.135. The summed E-state index contributed by atoms with van der Waals surface area (Å²) in [6, 6.07) is 0. The van der Waals surface area contributed by atoms with Gasteiger partial charge in [-0.1, -0.05) is 116 Å². The van der Waals surface area contributed by atoms with Gasteiger partial charge in [-0.05, 0) is 12.8 Å². The Kier molecular flexibility index (Phi) is 19.5. The molecule has 0 rings (SSSR count). The average molecular weight is 397 g/mol. The molecule has 0 atom stereocenters. The van der Waals surface area contributed by atoms with Gasteiger partial charge in [0, 0.05) is 11.6 Å². The van der Waals surface area contributed by atoms with Crippen molar-refractivity contribution < 1.29 is 19.8 Å². The van der Waals surface area contributed by atoms with Crippen molar-refractivity contribution in [1.29, 1.82) is 0 Å². The summed E-state index contributed by atoms with van der Waals surface area (Å²) < 4.78 is 0. The van der Waals surface area contributed by atoms with Gasteiger partial charge in [0.2, 0.25) is 0 Å². The van der Waals surface area contributed by atoms with Crippen molar-refractivity contribution >= 4 is 11.9 Å². The van der Waals surface area contributed by atoms with Crippen LogP contribution >= 0.6 is 0 Å². The lowest BCUT2D eigenvalue weighted by Gasteiger charge is -2.04. The van der Waals surface area contributed by atoms with E-state index in [4.69, 9.17) is 10.2 Å². The minimum atomic E-state index is -1.18. The summed E-state index contributed by atoms with van der Waals surface area (Å²) >= 11 is 0. The van der Waals surface area contributed by atoms with Crippen LogP contribution in [-0.4, -0.2) is 22.2 Å². The lowest BCUT2D eigenvalue weighted by Crippen LogP contribution is -2.04. The summed E-state index contributed by atoms with van der Waals surface area (Å²) in [7, 11) is 0. The van der Waals surface area contributed by atoms with Crippen LogP contribution in [0, 0.1) is 0 Å². The van der Waals surface area contributed by atoms with E-state index in [2.05, 4.69) is 6.92 Å². The first-order chi connectivity index (χ1) is 13.6. The molecule has 0 aliphatic heterocycles. The minimum absolute atomic E-state index is 0.00370. The fourth-order valence-corrected chi connectivity index (χ4v) is 3.61. The molecule has 0 aromatic rings. The first kappa shape index (κ1) is 26.7. The molecule has 0 spiro atoms. The molecule has 0 saturated carbocycles. The number of rotatable bonds is 21. The number of hydrogen-bond acceptors (Lipinski definition) is 2. The maximum absolute atomic E-state index is 10.9. The molecule has 0 saturated heterocycles. The maximum atomic E-state index is 10.9. The second-order valence-electron chi connectivity index (χ2n) is 8.07. The molecule has 0 bridgehead atoms. The van der Waals surface area contributed by atoms with Crippen molar-refractivity contribution in [2.45, 2.75) is 129 Å². The van der Waals surface area contributed by atoms with Gasteiger partial charge in [0.25, 0.3) is 0 Å². The molecule has 4 nitrogen and oxygen atoms in total. The Balaban J connectivity index is 3.28. The monoisotopic (exact) mass is 396 g/mol. The summed E-state index contributed by atoms with van der Waals surface area (Å²) in [6.07, 6.45) is 24.5. The molecular weight excluding hydrogens is 352 g/mol. The molecule has 0 aromatic heterocycles. The number of aliphatic carboxylic acids is 2. The van der Waals surface area contributed by atoms with Crippen LogP contribution in [-0.2, 0) is 9.59 Å². The van der Waals surface area contributed by atoms with Crippen LogP contribution in [0.4, 0.5) is 0 Å². The summed E-state index contributed by atoms with van der Waals surface area (Å²) in [4.78, 5) is 21.5. The molecule has 0 heterocycles. The van der Waals surface area contributed by atoms with Crippen LogP contribution in [0.2, 0.25) is 0 Å². The Morgan fingerprint density at radius 2 is 0.893 bits per heavy atom. The SMILES string of the molecule is CCCCCCCCCCCCCCCCCCCCC(=CC(=O)O)C(=O)O. The number of carboxylic acid groups (broad SMARTS) is 2. The molecule has 0 radical (unpaired) electrons. The van der Waals surface area contributed by atoms with Gasteiger partial charge in [-0.15, -0.1) is 0 Å². The van der Waals surface area contributed by atoms with Crippen LogP contribution in [0.5, 0.6) is 0 Å². The van der Waals surface area contributed by atoms with Gasteiger partial charge in [-0.25, -0.2) is 9.59 Å². The van der Waals surface area contributed by atoms with Gasteiger partial charge in [-0.2, -0.15) is 0 Å². The zero-order valence-corrected chi connectivity index (χ0v) is 18.2. The van der Waals surface area contributed by atoms with Crippen molar-refractivity contribution in [1.82, 2.24) is 0 Å². The smallest absolute Gasteiger partial charge is 0.331 e. The maximum Gasteiger partial charge on any atom is 0.331 e. The summed E-state index contributed by atoms with van der Waals surface area (Å²) in [5, 5.41) is 17.6. The van der Waals surface area contributed by atoms with E-state index >= 15 is 0 Å². The fraction of sp³-hybridized carbons (Fsp3) is 0.833. The van der Waals surface area contributed by atoms with E-state index in [0.717, 1.165) is 25.3 Å². The van der Waals surface area contributed by atoms with Gasteiger partial charge < -0.3 is 10.2 Å². The van der Waals surface area contributed by atoms with E-state index in [9.17, 15) is 9.59 Å². The van der Waals surface area contributed by atoms with Crippen LogP contribution in [0.25, 0.3) is 0 Å². The Morgan fingerprint density at radius 1 is 0.571 bits per heavy atom. The lowest BCUT2D eigenvalue weighted by atomic mass is 10.0. The van der Waals surface area contributed by atoms with Crippen LogP contribution < -0.4 is 0 Å². The second kappa shape index (κ2) is 20.4. The highest BCUT2D eigenvalue weighted by molar-refractivity contribution is 5.94. The first-order valence-corrected chi connectivity index (χ1v) is 11.7. The first-order valence-electron chi connectivity index (χ1n) is 11.7. The zero-order valence-electron chi connectivity index (χ0n) is 18.2. The van der Waals surface area contributed by atoms with Crippen molar-refractivity contribution in [3.63, 3.8) is 0 Å². The summed E-state index contributed by atoms with van der Waals surface area (Å²) in [6.45, 7) is 2.27. The van der Waals surface area contributed by atoms with Crippen LogP contribution in [0.15, 0.2) is 11.6 Å². The third kappa shape index (κ3) is 19.4. The van der Waals surface area contributed by atoms with E-state index < -0.39 is 11.9 Å². The molecule has 4 heteroatoms. The van der Waals surface area contributed by atoms with Gasteiger partial charge >= 0.3 is 11.9 Å². The molecule has 0 fully saturated rings. The van der Waals surface area contributed by atoms with Gasteiger partial charge in [-0.3, -0.25) is 0 Å². The zero-order chi connectivity index (χ0) is 20.9. The molecule has 0 amide bonds. The molecule has 0 unspecified atom stereocenters. The molecule has 2 N–H and O–H groups in total. The third-order valence-corrected chi connectivity index (χ3v) is 5.37. The standard InChI is InChI=1S/C24H44O4/c1-2-3-4-5-6-7-8-9-10-11-12-13-14-15-16-17-18-19-20-22(24(27)28)21-23(25)26/h21H,2-20H2,1H3,(H,25,26)(H,27,28). The third-order valence-electron chi connectivity index (χ3n) is 5.37. The van der Waals surface area contributed by atoms with E-state index in [-0.39, 0.29) is 5.57 Å². The van der Waals surface area contributed by atoms with Crippen LogP contribution in [0.3, 0.4) is 0 Å². The van der Waals surface area contributed by atoms with Gasteiger partial charge in [0.15, 0.2) is 0 Å². The predicted molar refractivity (Wildman–Crippen MR) is 117 cm³/mol. The Bertz CT molecular complexity index is 415. The highest BCUT2D eigenvalue weighted by Gasteiger charge is 2.08. The number of carboxylic acids is 2. The number of unbranched alkanes of at least 4 members (excludes halogenated alkanes) is 17. The largest absolute Gasteiger partial charge is 0.478 e. The van der Waals surface area contributed by atoms with E-state index in [1.165, 1.54) is 96.3 Å². The summed E-state index contributed by atoms with van der Waals surface area (Å²) in [5.74, 6) is -2.30. The highest BCUT2D eigenvalue weighted by Crippen LogP contribution is 2.15. The Morgan fingerprint density at radius 3 is 1.18 bits per heavy atom. The average Bonchev–Trinajstić information content (AvgIpc) is 2.65. The molecule has 0 aromatic carbocycles. The molecule has 28 heavy (non-hydrogen) atoms. The predicted octanol–water partition coefficient (Wildman–Crippen LogP) is 7.51. The fourth-order valence-electron chi connectivity index (χ4n) is 3.61. The van der Waals surface area contributed by atoms with Gasteiger partial charge in [0.05, 0.1) is 0 Å². The summed E-state index contributed by atoms with van der Waals surface area (Å²) in [5.41, 5.74) is 0.00370. The number of carbonyl (C=O) groups is 2. The quantitative estimate of drug-likeness (QED) is 0.155. The molecule has 164 valence electrons. The molecule has 0 aliphatic rings. The molecular formula is C24H44O4. The van der Waals surface area contributed by atoms with E-state index in [1.54, 1.807) is 0 Å². The van der Waals surface area contributed by atoms with Crippen molar-refractivity contribution in [2.75, 3.05) is 0 Å². The number of hydrogen-bond donors (Lipinski definition) is 2. The topological polar surface area (TPSA) is 74.6 Å². The minimum Gasteiger partial charge on any atom is -0.478 e. The van der Waals surface area contributed by atoms with Crippen molar-refractivity contribution in [2.24, 2.45) is 0 Å². The Labute approximate surface area is 172 Å². The van der Waals surface area contributed by atoms with E-state index in [0.29, 0.717) is 6.42 Å². The van der Waals surface area contributed by atoms with Crippen molar-refractivity contribution in [3.8, 4) is 0 Å². The van der Waals surface area contributed by atoms with Crippen molar-refractivity contribution in [3.05, 3.63) is 11.6 Å². The second-order valence-corrected chi connectivity index (χ2v) is 8.07. The Hall–Kier alpha value is -1.32. The molecule has 0 aliphatic carbocycles. The van der Waals surface area contributed by atoms with Crippen LogP contribution in [0.1, 0.15) is 129 Å².